The van der Waals surface area contributed by atoms with Crippen LogP contribution in [-0.2, 0) is 6.42 Å². The highest BCUT2D eigenvalue weighted by Gasteiger charge is 2.29. The molecule has 0 radical (unpaired) electrons. The highest BCUT2D eigenvalue weighted by atomic mass is 16.5. The summed E-state index contributed by atoms with van der Waals surface area (Å²) in [6.45, 7) is 2.95. The van der Waals surface area contributed by atoms with Crippen molar-refractivity contribution in [3.63, 3.8) is 0 Å². The Kier molecular flexibility index (Phi) is 3.36. The molecule has 1 saturated carbocycles. The molecule has 4 heteroatoms. The van der Waals surface area contributed by atoms with Gasteiger partial charge in [-0.3, -0.25) is 0 Å². The first-order chi connectivity index (χ1) is 7.31. The molecule has 0 aromatic carbocycles. The van der Waals surface area contributed by atoms with Crippen LogP contribution in [0.5, 0.6) is 0 Å². The number of hydrogen-bond acceptors (Lipinski definition) is 4. The van der Waals surface area contributed by atoms with E-state index in [2.05, 4.69) is 17.1 Å². The second-order valence-corrected chi connectivity index (χ2v) is 4.46. The van der Waals surface area contributed by atoms with Crippen molar-refractivity contribution in [1.82, 2.24) is 10.1 Å². The van der Waals surface area contributed by atoms with Gasteiger partial charge in [0.1, 0.15) is 0 Å². The van der Waals surface area contributed by atoms with Crippen molar-refractivity contribution >= 4 is 0 Å². The zero-order valence-corrected chi connectivity index (χ0v) is 9.28. The van der Waals surface area contributed by atoms with Crippen LogP contribution in [0.2, 0.25) is 0 Å². The van der Waals surface area contributed by atoms with Gasteiger partial charge >= 0.3 is 0 Å². The molecule has 0 bridgehead atoms. The van der Waals surface area contributed by atoms with Gasteiger partial charge in [0.2, 0.25) is 5.89 Å². The molecule has 84 valence electrons. The predicted molar refractivity (Wildman–Crippen MR) is 57.4 cm³/mol. The molecule has 1 fully saturated rings. The van der Waals surface area contributed by atoms with Crippen LogP contribution in [0.1, 0.15) is 50.2 Å². The van der Waals surface area contributed by atoms with Gasteiger partial charge in [0.05, 0.1) is 0 Å². The van der Waals surface area contributed by atoms with Crippen molar-refractivity contribution in [3.05, 3.63) is 11.7 Å². The van der Waals surface area contributed by atoms with E-state index in [4.69, 9.17) is 10.3 Å². The van der Waals surface area contributed by atoms with Crippen molar-refractivity contribution in [1.29, 1.82) is 0 Å². The summed E-state index contributed by atoms with van der Waals surface area (Å²) in [5, 5.41) is 3.99. The Hall–Kier alpha value is -0.900. The van der Waals surface area contributed by atoms with E-state index in [1.165, 1.54) is 19.3 Å². The van der Waals surface area contributed by atoms with E-state index >= 15 is 0 Å². The number of hydrogen-bond donors (Lipinski definition) is 1. The third kappa shape index (κ3) is 2.37. The Morgan fingerprint density at radius 1 is 1.47 bits per heavy atom. The Labute approximate surface area is 90.2 Å². The summed E-state index contributed by atoms with van der Waals surface area (Å²) in [5.74, 6) is 2.83. The fourth-order valence-corrected chi connectivity index (χ4v) is 2.29. The molecule has 0 aliphatic heterocycles. The molecular weight excluding hydrogens is 190 g/mol. The van der Waals surface area contributed by atoms with E-state index in [1.807, 2.05) is 0 Å². The van der Waals surface area contributed by atoms with Crippen LogP contribution in [0.15, 0.2) is 4.52 Å². The number of nitrogens with zero attached hydrogens (tertiary/aromatic N) is 2. The second kappa shape index (κ2) is 4.75. The molecule has 1 aromatic rings. The van der Waals surface area contributed by atoms with E-state index in [1.54, 1.807) is 0 Å². The van der Waals surface area contributed by atoms with Gasteiger partial charge in [0.15, 0.2) is 5.82 Å². The molecule has 2 rings (SSSR count). The number of aromatic nitrogens is 2. The smallest absolute Gasteiger partial charge is 0.230 e. The second-order valence-electron chi connectivity index (χ2n) is 4.46. The summed E-state index contributed by atoms with van der Waals surface area (Å²) >= 11 is 0. The van der Waals surface area contributed by atoms with Gasteiger partial charge in [-0.05, 0) is 31.7 Å². The third-order valence-corrected chi connectivity index (χ3v) is 3.27. The van der Waals surface area contributed by atoms with Gasteiger partial charge in [-0.15, -0.1) is 0 Å². The van der Waals surface area contributed by atoms with Crippen LogP contribution < -0.4 is 5.73 Å². The normalized spacial score (nSPS) is 26.0. The minimum Gasteiger partial charge on any atom is -0.339 e. The van der Waals surface area contributed by atoms with Gasteiger partial charge in [0, 0.05) is 12.3 Å². The average molecular weight is 209 g/mol. The minimum atomic E-state index is 0.490. The number of nitrogens with two attached hydrogens (primary N) is 1. The van der Waals surface area contributed by atoms with E-state index in [9.17, 15) is 0 Å². The largest absolute Gasteiger partial charge is 0.339 e. The summed E-state index contributed by atoms with van der Waals surface area (Å²) in [7, 11) is 0. The molecule has 2 N–H and O–H groups in total. The van der Waals surface area contributed by atoms with Crippen LogP contribution in [0.3, 0.4) is 0 Å². The van der Waals surface area contributed by atoms with Gasteiger partial charge in [-0.1, -0.05) is 18.5 Å². The highest BCUT2D eigenvalue weighted by molar-refractivity contribution is 4.99. The number of rotatable bonds is 4. The van der Waals surface area contributed by atoms with Crippen molar-refractivity contribution in [2.75, 3.05) is 6.54 Å². The Morgan fingerprint density at radius 3 is 3.00 bits per heavy atom. The lowest BCUT2D eigenvalue weighted by Gasteiger charge is -2.08. The van der Waals surface area contributed by atoms with Crippen LogP contribution in [-0.4, -0.2) is 16.7 Å². The minimum absolute atomic E-state index is 0.490. The molecule has 2 atom stereocenters. The molecule has 2 unspecified atom stereocenters. The summed E-state index contributed by atoms with van der Waals surface area (Å²) in [6, 6.07) is 0. The molecule has 0 spiro atoms. The molecule has 0 saturated heterocycles. The lowest BCUT2D eigenvalue weighted by molar-refractivity contribution is 0.328. The average Bonchev–Trinajstić information content (AvgIpc) is 2.83. The Balaban J connectivity index is 1.99. The van der Waals surface area contributed by atoms with Crippen LogP contribution in [0.4, 0.5) is 0 Å². The predicted octanol–water partition coefficient (Wildman–Crippen LogP) is 1.86. The summed E-state index contributed by atoms with van der Waals surface area (Å²) in [6.07, 6.45) is 5.53. The Bertz CT molecular complexity index is 311. The first kappa shape index (κ1) is 10.6. The van der Waals surface area contributed by atoms with E-state index < -0.39 is 0 Å². The van der Waals surface area contributed by atoms with Gasteiger partial charge in [0.25, 0.3) is 0 Å². The lowest BCUT2D eigenvalue weighted by atomic mass is 9.98. The van der Waals surface area contributed by atoms with Gasteiger partial charge < -0.3 is 10.3 Å². The van der Waals surface area contributed by atoms with Crippen molar-refractivity contribution in [3.8, 4) is 0 Å². The molecule has 1 aliphatic rings. The van der Waals surface area contributed by atoms with Crippen molar-refractivity contribution < 1.29 is 4.52 Å². The standard InChI is InChI=1S/C11H19N3O/c1-8-4-2-5-9(8)11-13-10(14-15-11)6-3-7-12/h8-9H,2-7,12H2,1H3. The van der Waals surface area contributed by atoms with E-state index in [0.29, 0.717) is 18.4 Å². The highest BCUT2D eigenvalue weighted by Crippen LogP contribution is 2.38. The number of aryl methyl sites for hydroxylation is 1. The molecule has 0 amide bonds. The molecule has 1 heterocycles. The first-order valence-corrected chi connectivity index (χ1v) is 5.84. The molecule has 15 heavy (non-hydrogen) atoms. The zero-order chi connectivity index (χ0) is 10.7. The maximum atomic E-state index is 5.44. The van der Waals surface area contributed by atoms with Crippen LogP contribution >= 0.6 is 0 Å². The van der Waals surface area contributed by atoms with Gasteiger partial charge in [-0.2, -0.15) is 4.98 Å². The molecule has 4 nitrogen and oxygen atoms in total. The van der Waals surface area contributed by atoms with Crippen LogP contribution in [0.25, 0.3) is 0 Å². The fourth-order valence-electron chi connectivity index (χ4n) is 2.29. The Morgan fingerprint density at radius 2 is 2.33 bits per heavy atom. The zero-order valence-electron chi connectivity index (χ0n) is 9.28. The SMILES string of the molecule is CC1CCCC1c1nc(CCCN)no1. The molecule has 1 aromatic heterocycles. The quantitative estimate of drug-likeness (QED) is 0.822. The summed E-state index contributed by atoms with van der Waals surface area (Å²) in [4.78, 5) is 4.45. The van der Waals surface area contributed by atoms with Crippen molar-refractivity contribution in [2.45, 2.75) is 44.9 Å². The first-order valence-electron chi connectivity index (χ1n) is 5.84. The van der Waals surface area contributed by atoms with Crippen LogP contribution in [0, 0.1) is 5.92 Å². The summed E-state index contributed by atoms with van der Waals surface area (Å²) < 4.78 is 5.31. The monoisotopic (exact) mass is 209 g/mol. The van der Waals surface area contributed by atoms with E-state index in [0.717, 1.165) is 24.6 Å². The molecular formula is C11H19N3O. The van der Waals surface area contributed by atoms with Gasteiger partial charge in [-0.25, -0.2) is 0 Å². The third-order valence-electron chi connectivity index (χ3n) is 3.27. The molecule has 1 aliphatic carbocycles. The maximum absolute atomic E-state index is 5.44. The van der Waals surface area contributed by atoms with Crippen molar-refractivity contribution in [2.24, 2.45) is 11.7 Å². The fraction of sp³-hybridized carbons (Fsp3) is 0.818. The topological polar surface area (TPSA) is 64.9 Å². The lowest BCUT2D eigenvalue weighted by Crippen LogP contribution is -2.03. The maximum Gasteiger partial charge on any atom is 0.230 e. The van der Waals surface area contributed by atoms with E-state index in [-0.39, 0.29) is 0 Å². The summed E-state index contributed by atoms with van der Waals surface area (Å²) in [5.41, 5.74) is 5.44.